The Morgan fingerprint density at radius 2 is 1.95 bits per heavy atom. The summed E-state index contributed by atoms with van der Waals surface area (Å²) >= 11 is 0. The first-order chi connectivity index (χ1) is 9.31. The number of ether oxygens (including phenoxy) is 2. The van der Waals surface area contributed by atoms with Crippen LogP contribution in [0.3, 0.4) is 0 Å². The van der Waals surface area contributed by atoms with Crippen LogP contribution in [0.2, 0.25) is 0 Å². The molecule has 5 heteroatoms. The molecule has 0 saturated heterocycles. The van der Waals surface area contributed by atoms with Gasteiger partial charge in [0.2, 0.25) is 0 Å². The summed E-state index contributed by atoms with van der Waals surface area (Å²) in [5.74, 6) is -0.321. The van der Waals surface area contributed by atoms with Crippen LogP contribution in [0.4, 0.5) is 0 Å². The van der Waals surface area contributed by atoms with Gasteiger partial charge in [-0.25, -0.2) is 0 Å². The first-order valence-electron chi connectivity index (χ1n) is 7.49. The van der Waals surface area contributed by atoms with Crippen LogP contribution in [-0.2, 0) is 14.3 Å². The molecule has 0 aliphatic rings. The van der Waals surface area contributed by atoms with E-state index in [1.807, 2.05) is 13.8 Å². The molecule has 0 spiro atoms. The van der Waals surface area contributed by atoms with Crippen molar-refractivity contribution in [1.29, 1.82) is 0 Å². The third-order valence-corrected chi connectivity index (χ3v) is 3.01. The predicted octanol–water partition coefficient (Wildman–Crippen LogP) is 2.30. The molecule has 0 radical (unpaired) electrons. The molecular weight excluding hydrogens is 258 g/mol. The van der Waals surface area contributed by atoms with Crippen molar-refractivity contribution in [2.45, 2.75) is 59.1 Å². The maximum Gasteiger partial charge on any atom is 0.323 e. The molecule has 2 atom stereocenters. The van der Waals surface area contributed by atoms with Gasteiger partial charge in [0.1, 0.15) is 5.54 Å². The van der Waals surface area contributed by atoms with Gasteiger partial charge >= 0.3 is 5.97 Å². The van der Waals surface area contributed by atoms with Gasteiger partial charge in [-0.05, 0) is 32.7 Å². The van der Waals surface area contributed by atoms with E-state index in [4.69, 9.17) is 9.47 Å². The van der Waals surface area contributed by atoms with E-state index in [-0.39, 0.29) is 6.10 Å². The van der Waals surface area contributed by atoms with Gasteiger partial charge in [0.15, 0.2) is 0 Å². The average molecular weight is 289 g/mol. The van der Waals surface area contributed by atoms with E-state index in [2.05, 4.69) is 19.2 Å². The Hall–Kier alpha value is -0.650. The number of hydrogen-bond donors (Lipinski definition) is 2. The molecule has 0 aliphatic carbocycles. The largest absolute Gasteiger partial charge is 0.480 e. The summed E-state index contributed by atoms with van der Waals surface area (Å²) in [5, 5.41) is 12.4. The highest BCUT2D eigenvalue weighted by Gasteiger charge is 2.34. The second-order valence-electron chi connectivity index (χ2n) is 5.92. The SMILES string of the molecule is CCCNC(C)(CC(C)OCCOCC(C)C)C(=O)O. The normalized spacial score (nSPS) is 16.1. The van der Waals surface area contributed by atoms with Crippen molar-refractivity contribution in [1.82, 2.24) is 5.32 Å². The van der Waals surface area contributed by atoms with Crippen LogP contribution in [0.5, 0.6) is 0 Å². The molecule has 0 heterocycles. The fourth-order valence-corrected chi connectivity index (χ4v) is 1.90. The summed E-state index contributed by atoms with van der Waals surface area (Å²) < 4.78 is 11.1. The Labute approximate surface area is 123 Å². The van der Waals surface area contributed by atoms with Crippen LogP contribution in [0.25, 0.3) is 0 Å². The minimum atomic E-state index is -0.936. The van der Waals surface area contributed by atoms with Crippen molar-refractivity contribution in [3.8, 4) is 0 Å². The molecule has 0 amide bonds. The molecule has 0 aromatic carbocycles. The highest BCUT2D eigenvalue weighted by atomic mass is 16.5. The molecule has 120 valence electrons. The number of rotatable bonds is 12. The Bertz CT molecular complexity index is 271. The van der Waals surface area contributed by atoms with Gasteiger partial charge in [0.25, 0.3) is 0 Å². The van der Waals surface area contributed by atoms with Gasteiger partial charge in [-0.2, -0.15) is 0 Å². The summed E-state index contributed by atoms with van der Waals surface area (Å²) in [7, 11) is 0. The molecular formula is C15H31NO4. The molecule has 0 aliphatic heterocycles. The number of carbonyl (C=O) groups is 1. The molecule has 20 heavy (non-hydrogen) atoms. The zero-order valence-electron chi connectivity index (χ0n) is 13.6. The van der Waals surface area contributed by atoms with E-state index >= 15 is 0 Å². The van der Waals surface area contributed by atoms with Crippen LogP contribution in [0, 0.1) is 5.92 Å². The van der Waals surface area contributed by atoms with Gasteiger partial charge in [-0.1, -0.05) is 20.8 Å². The summed E-state index contributed by atoms with van der Waals surface area (Å²) in [6.07, 6.45) is 1.22. The molecule has 0 rings (SSSR count). The molecule has 5 nitrogen and oxygen atoms in total. The van der Waals surface area contributed by atoms with Crippen molar-refractivity contribution in [2.24, 2.45) is 5.92 Å². The van der Waals surface area contributed by atoms with Gasteiger partial charge < -0.3 is 19.9 Å². The highest BCUT2D eigenvalue weighted by molar-refractivity contribution is 5.78. The Morgan fingerprint density at radius 3 is 2.45 bits per heavy atom. The number of carboxylic acid groups (broad SMARTS) is 1. The van der Waals surface area contributed by atoms with Crippen LogP contribution in [-0.4, -0.2) is 49.1 Å². The summed E-state index contributed by atoms with van der Waals surface area (Å²) in [6, 6.07) is 0. The Balaban J connectivity index is 4.01. The fraction of sp³-hybridized carbons (Fsp3) is 0.933. The Morgan fingerprint density at radius 1 is 1.30 bits per heavy atom. The number of hydrogen-bond acceptors (Lipinski definition) is 4. The van der Waals surface area contributed by atoms with Crippen molar-refractivity contribution in [3.05, 3.63) is 0 Å². The summed E-state index contributed by atoms with van der Waals surface area (Å²) in [5.41, 5.74) is -0.936. The summed E-state index contributed by atoms with van der Waals surface area (Å²) in [4.78, 5) is 11.4. The summed E-state index contributed by atoms with van der Waals surface area (Å²) in [6.45, 7) is 12.3. The number of nitrogens with one attached hydrogen (secondary N) is 1. The standard InChI is InChI=1S/C15H31NO4/c1-6-7-16-15(5,14(17)18)10-13(4)20-9-8-19-11-12(2)3/h12-13,16H,6-11H2,1-5H3,(H,17,18). The van der Waals surface area contributed by atoms with Crippen molar-refractivity contribution >= 4 is 5.97 Å². The molecule has 0 aromatic heterocycles. The molecule has 0 saturated carbocycles. The molecule has 2 N–H and O–H groups in total. The predicted molar refractivity (Wildman–Crippen MR) is 80.0 cm³/mol. The lowest BCUT2D eigenvalue weighted by Crippen LogP contribution is -2.51. The lowest BCUT2D eigenvalue weighted by Gasteiger charge is -2.29. The first kappa shape index (κ1) is 19.4. The second kappa shape index (κ2) is 10.1. The van der Waals surface area contributed by atoms with Crippen LogP contribution >= 0.6 is 0 Å². The fourth-order valence-electron chi connectivity index (χ4n) is 1.90. The number of carboxylic acids is 1. The lowest BCUT2D eigenvalue weighted by molar-refractivity contribution is -0.146. The van der Waals surface area contributed by atoms with Gasteiger partial charge in [-0.3, -0.25) is 4.79 Å². The van der Waals surface area contributed by atoms with E-state index in [9.17, 15) is 9.90 Å². The van der Waals surface area contributed by atoms with E-state index in [1.54, 1.807) is 6.92 Å². The lowest BCUT2D eigenvalue weighted by atomic mass is 9.94. The van der Waals surface area contributed by atoms with Crippen molar-refractivity contribution < 1.29 is 19.4 Å². The van der Waals surface area contributed by atoms with Crippen LogP contribution in [0.15, 0.2) is 0 Å². The molecule has 0 bridgehead atoms. The third kappa shape index (κ3) is 8.51. The van der Waals surface area contributed by atoms with E-state index in [0.29, 0.717) is 32.1 Å². The monoisotopic (exact) mass is 289 g/mol. The number of aliphatic carboxylic acids is 1. The van der Waals surface area contributed by atoms with Gasteiger partial charge in [-0.15, -0.1) is 0 Å². The molecule has 0 fully saturated rings. The van der Waals surface area contributed by atoms with E-state index < -0.39 is 11.5 Å². The van der Waals surface area contributed by atoms with E-state index in [0.717, 1.165) is 13.0 Å². The van der Waals surface area contributed by atoms with Crippen LogP contribution < -0.4 is 5.32 Å². The quantitative estimate of drug-likeness (QED) is 0.540. The third-order valence-electron chi connectivity index (χ3n) is 3.01. The van der Waals surface area contributed by atoms with E-state index in [1.165, 1.54) is 0 Å². The smallest absolute Gasteiger partial charge is 0.323 e. The zero-order chi connectivity index (χ0) is 15.6. The van der Waals surface area contributed by atoms with Gasteiger partial charge in [0, 0.05) is 13.0 Å². The topological polar surface area (TPSA) is 67.8 Å². The maximum atomic E-state index is 11.4. The van der Waals surface area contributed by atoms with Gasteiger partial charge in [0.05, 0.1) is 19.3 Å². The first-order valence-corrected chi connectivity index (χ1v) is 7.49. The Kier molecular flexibility index (Phi) is 9.80. The maximum absolute atomic E-state index is 11.4. The molecule has 2 unspecified atom stereocenters. The zero-order valence-corrected chi connectivity index (χ0v) is 13.6. The van der Waals surface area contributed by atoms with Crippen LogP contribution in [0.1, 0.15) is 47.5 Å². The minimum absolute atomic E-state index is 0.122. The second-order valence-corrected chi connectivity index (χ2v) is 5.92. The molecule has 0 aromatic rings. The van der Waals surface area contributed by atoms with Crippen molar-refractivity contribution in [3.63, 3.8) is 0 Å². The highest BCUT2D eigenvalue weighted by Crippen LogP contribution is 2.15. The average Bonchev–Trinajstić information content (AvgIpc) is 2.35. The van der Waals surface area contributed by atoms with Crippen molar-refractivity contribution in [2.75, 3.05) is 26.4 Å². The minimum Gasteiger partial charge on any atom is -0.480 e.